The van der Waals surface area contributed by atoms with Crippen molar-refractivity contribution >= 4 is 61.0 Å². The van der Waals surface area contributed by atoms with E-state index in [1.807, 2.05) is 0 Å². The number of amides is 1. The number of halogens is 2. The van der Waals surface area contributed by atoms with Gasteiger partial charge in [0, 0.05) is 6.20 Å². The van der Waals surface area contributed by atoms with E-state index in [2.05, 4.69) is 44.4 Å². The van der Waals surface area contributed by atoms with E-state index in [1.54, 1.807) is 0 Å². The SMILES string of the molecule is NC(=O)c1cc([C@@H]2O[C@@H]3COP(=O)(S)O[C@H]4[C@@H](F)[C@H](n5cnc6c(N)ncnc65)O[C@@H]4COP(=O)(S)O[C@@H]2[C@@H]3F)ccn1. The second-order valence-corrected chi connectivity index (χ2v) is 15.4. The van der Waals surface area contributed by atoms with Crippen LogP contribution in [0.1, 0.15) is 28.4 Å². The van der Waals surface area contributed by atoms with Crippen molar-refractivity contribution in [2.75, 3.05) is 18.9 Å². The lowest BCUT2D eigenvalue weighted by molar-refractivity contribution is -0.0455. The van der Waals surface area contributed by atoms with Gasteiger partial charge in [0.1, 0.15) is 48.1 Å². The van der Waals surface area contributed by atoms with E-state index in [0.29, 0.717) is 0 Å². The van der Waals surface area contributed by atoms with Crippen LogP contribution in [0.2, 0.25) is 0 Å². The maximum absolute atomic E-state index is 15.9. The number of nitrogen functional groups attached to an aromatic ring is 1. The second-order valence-electron chi connectivity index (χ2n) is 9.64. The molecular formula is C21H23F2N7O9P2S2. The third kappa shape index (κ3) is 6.05. The number of hydrogen-bond donors (Lipinski definition) is 4. The molecule has 6 rings (SSSR count). The van der Waals surface area contributed by atoms with E-state index < -0.39 is 81.8 Å². The molecule has 1 amide bonds. The molecule has 232 valence electrons. The summed E-state index contributed by atoms with van der Waals surface area (Å²) in [6.45, 7) is -10.2. The van der Waals surface area contributed by atoms with Crippen molar-refractivity contribution in [3.63, 3.8) is 0 Å². The Hall–Kier alpha value is -2.25. The smallest absolute Gasteiger partial charge is 0.382 e. The molecule has 3 aliphatic rings. The van der Waals surface area contributed by atoms with Crippen LogP contribution in [0.4, 0.5) is 14.6 Å². The number of nitrogens with zero attached hydrogens (tertiary/aromatic N) is 5. The van der Waals surface area contributed by atoms with Gasteiger partial charge in [-0.3, -0.25) is 32.4 Å². The number of primary amides is 1. The number of carbonyl (C=O) groups excluding carboxylic acids is 1. The fourth-order valence-corrected chi connectivity index (χ4v) is 7.87. The van der Waals surface area contributed by atoms with Crippen molar-refractivity contribution in [1.82, 2.24) is 24.5 Å². The van der Waals surface area contributed by atoms with Gasteiger partial charge in [0.15, 0.2) is 30.0 Å². The number of aromatic nitrogens is 5. The van der Waals surface area contributed by atoms with Crippen LogP contribution in [0.15, 0.2) is 31.0 Å². The molecule has 3 fully saturated rings. The molecule has 0 saturated carbocycles. The lowest BCUT2D eigenvalue weighted by atomic mass is 10.0. The van der Waals surface area contributed by atoms with Crippen LogP contribution in [-0.2, 0) is 36.7 Å². The Morgan fingerprint density at radius 2 is 1.67 bits per heavy atom. The molecule has 0 aromatic carbocycles. The van der Waals surface area contributed by atoms with E-state index in [1.165, 1.54) is 29.2 Å². The van der Waals surface area contributed by atoms with Crippen molar-refractivity contribution in [3.05, 3.63) is 42.2 Å². The quantitative estimate of drug-likeness (QED) is 0.231. The zero-order valence-corrected chi connectivity index (χ0v) is 25.1. The Bertz CT molecular complexity index is 1660. The minimum atomic E-state index is -4.43. The van der Waals surface area contributed by atoms with Crippen molar-refractivity contribution in [2.24, 2.45) is 5.73 Å². The molecule has 3 saturated heterocycles. The summed E-state index contributed by atoms with van der Waals surface area (Å²) in [6.07, 6.45) is -9.34. The third-order valence-electron chi connectivity index (χ3n) is 6.90. The van der Waals surface area contributed by atoms with Gasteiger partial charge in [-0.05, 0) is 17.7 Å². The van der Waals surface area contributed by atoms with Crippen molar-refractivity contribution in [2.45, 2.75) is 49.1 Å². The Kier molecular flexibility index (Phi) is 8.29. The van der Waals surface area contributed by atoms with Crippen LogP contribution in [0.3, 0.4) is 0 Å². The summed E-state index contributed by atoms with van der Waals surface area (Å²) in [5.74, 6) is -0.817. The van der Waals surface area contributed by atoms with Crippen LogP contribution in [0, 0.1) is 0 Å². The predicted octanol–water partition coefficient (Wildman–Crippen LogP) is 2.51. The molecule has 0 radical (unpaired) electrons. The predicted molar refractivity (Wildman–Crippen MR) is 149 cm³/mol. The molecule has 3 aliphatic heterocycles. The number of hydrogen-bond acceptors (Lipinski definition) is 14. The molecule has 6 heterocycles. The number of thiol groups is 2. The highest BCUT2D eigenvalue weighted by molar-refractivity contribution is 8.44. The van der Waals surface area contributed by atoms with Gasteiger partial charge in [0.05, 0.1) is 19.5 Å². The van der Waals surface area contributed by atoms with E-state index in [-0.39, 0.29) is 28.2 Å². The standard InChI is InChI=1S/C21H23F2N7O9P2S2/c22-12-10-4-34-40(32,42)38-16-11(37-21(13(16)23)30-7-29-14-18(24)27-6-28-20(14)30)5-35-41(33,43)39-17(12)15(36-10)8-1-2-26-9(3-8)19(25)31/h1-3,6-7,10-13,15-17,21H,4-5H2,(H2,25,31)(H,32,42)(H,33,43)(H2,24,27,28)/t10-,11-,12-,13-,15+,16-,17-,21-,40?,41?/m1/s1. The topological polar surface area (TPSA) is 215 Å². The van der Waals surface area contributed by atoms with Crippen LogP contribution >= 0.6 is 38.1 Å². The van der Waals surface area contributed by atoms with Gasteiger partial charge in [-0.2, -0.15) is 0 Å². The number of alkyl halides is 2. The number of rotatable bonds is 3. The summed E-state index contributed by atoms with van der Waals surface area (Å²) in [6, 6.07) is 2.65. The first-order chi connectivity index (χ1) is 20.3. The molecule has 2 bridgehead atoms. The summed E-state index contributed by atoms with van der Waals surface area (Å²) in [7, 11) is 0. The minimum Gasteiger partial charge on any atom is -0.382 e. The van der Waals surface area contributed by atoms with Crippen LogP contribution < -0.4 is 11.5 Å². The summed E-state index contributed by atoms with van der Waals surface area (Å²) in [5, 5.41) is 0. The second kappa shape index (κ2) is 11.6. The van der Waals surface area contributed by atoms with E-state index in [0.717, 1.165) is 6.33 Å². The molecule has 10 atom stereocenters. The lowest BCUT2D eigenvalue weighted by Gasteiger charge is -2.26. The molecule has 4 N–H and O–H groups in total. The largest absolute Gasteiger partial charge is 0.386 e. The Morgan fingerprint density at radius 1 is 0.977 bits per heavy atom. The van der Waals surface area contributed by atoms with Gasteiger partial charge in [-0.25, -0.2) is 32.9 Å². The van der Waals surface area contributed by atoms with Crippen LogP contribution in [-0.4, -0.2) is 80.4 Å². The molecule has 0 spiro atoms. The minimum absolute atomic E-state index is 0.0413. The number of nitrogens with two attached hydrogens (primary N) is 2. The zero-order chi connectivity index (χ0) is 30.7. The highest BCUT2D eigenvalue weighted by atomic mass is 32.7. The van der Waals surface area contributed by atoms with Crippen molar-refractivity contribution in [3.8, 4) is 0 Å². The van der Waals surface area contributed by atoms with E-state index >= 15 is 8.78 Å². The first-order valence-corrected chi connectivity index (χ1v) is 17.8. The maximum atomic E-state index is 15.9. The van der Waals surface area contributed by atoms with Gasteiger partial charge < -0.3 is 20.9 Å². The molecule has 16 nitrogen and oxygen atoms in total. The molecule has 3 aromatic rings. The molecule has 3 aromatic heterocycles. The molecular weight excluding hydrogens is 658 g/mol. The Morgan fingerprint density at radius 3 is 2.40 bits per heavy atom. The van der Waals surface area contributed by atoms with E-state index in [4.69, 9.17) is 39.0 Å². The lowest BCUT2D eigenvalue weighted by Crippen LogP contribution is -2.33. The van der Waals surface area contributed by atoms with Crippen LogP contribution in [0.5, 0.6) is 0 Å². The molecule has 22 heteroatoms. The summed E-state index contributed by atoms with van der Waals surface area (Å²) < 4.78 is 92.6. The highest BCUT2D eigenvalue weighted by Gasteiger charge is 2.54. The third-order valence-corrected chi connectivity index (χ3v) is 10.1. The average molecular weight is 682 g/mol. The fraction of sp³-hybridized carbons (Fsp3) is 0.476. The first-order valence-electron chi connectivity index (χ1n) is 12.4. The van der Waals surface area contributed by atoms with Crippen LogP contribution in [0.25, 0.3) is 11.2 Å². The summed E-state index contributed by atoms with van der Waals surface area (Å²) >= 11 is 7.92. The molecule has 0 aliphatic carbocycles. The summed E-state index contributed by atoms with van der Waals surface area (Å²) in [5.41, 5.74) is 11.5. The number of pyridine rings is 1. The first kappa shape index (κ1) is 30.8. The Labute approximate surface area is 251 Å². The molecule has 2 unspecified atom stereocenters. The normalized spacial score (nSPS) is 38.6. The molecule has 43 heavy (non-hydrogen) atoms. The van der Waals surface area contributed by atoms with Gasteiger partial charge in [-0.1, -0.05) is 24.5 Å². The van der Waals surface area contributed by atoms with Gasteiger partial charge in [0.25, 0.3) is 5.91 Å². The number of anilines is 1. The number of imidazole rings is 1. The number of fused-ring (bicyclic) bond motifs is 4. The maximum Gasteiger partial charge on any atom is 0.386 e. The average Bonchev–Trinajstić information content (AvgIpc) is 3.61. The van der Waals surface area contributed by atoms with Gasteiger partial charge >= 0.3 is 13.6 Å². The zero-order valence-electron chi connectivity index (χ0n) is 21.5. The van der Waals surface area contributed by atoms with Gasteiger partial charge in [-0.15, -0.1) is 0 Å². The summed E-state index contributed by atoms with van der Waals surface area (Å²) in [4.78, 5) is 27.5. The van der Waals surface area contributed by atoms with Gasteiger partial charge in [0.2, 0.25) is 0 Å². The number of ether oxygens (including phenoxy) is 2. The Balaban J connectivity index is 1.30. The monoisotopic (exact) mass is 681 g/mol. The van der Waals surface area contributed by atoms with Crippen molar-refractivity contribution in [1.29, 1.82) is 0 Å². The van der Waals surface area contributed by atoms with E-state index in [9.17, 15) is 13.9 Å². The van der Waals surface area contributed by atoms with Crippen molar-refractivity contribution < 1.29 is 50.3 Å². The number of carbonyl (C=O) groups is 1. The fourth-order valence-electron chi connectivity index (χ4n) is 4.93. The highest BCUT2D eigenvalue weighted by Crippen LogP contribution is 2.60.